The highest BCUT2D eigenvalue weighted by molar-refractivity contribution is 5.22. The van der Waals surface area contributed by atoms with Gasteiger partial charge in [-0.1, -0.05) is 6.92 Å². The van der Waals surface area contributed by atoms with Crippen molar-refractivity contribution in [1.29, 1.82) is 0 Å². The molecule has 108 valence electrons. The van der Waals surface area contributed by atoms with Crippen molar-refractivity contribution in [3.05, 3.63) is 53.4 Å². The van der Waals surface area contributed by atoms with Crippen molar-refractivity contribution in [3.8, 4) is 0 Å². The van der Waals surface area contributed by atoms with Crippen LogP contribution in [-0.4, -0.2) is 9.78 Å². The van der Waals surface area contributed by atoms with Gasteiger partial charge in [-0.05, 0) is 37.1 Å². The van der Waals surface area contributed by atoms with Crippen LogP contribution in [0.5, 0.6) is 0 Å². The quantitative estimate of drug-likeness (QED) is 0.912. The van der Waals surface area contributed by atoms with Crippen LogP contribution < -0.4 is 5.73 Å². The summed E-state index contributed by atoms with van der Waals surface area (Å²) in [6, 6.07) is 5.11. The smallest absolute Gasteiger partial charge is 0.126 e. The van der Waals surface area contributed by atoms with Crippen LogP contribution in [-0.2, 0) is 6.42 Å². The van der Waals surface area contributed by atoms with Crippen LogP contribution in [0.3, 0.4) is 0 Å². The monoisotopic (exact) mass is 279 g/mol. The van der Waals surface area contributed by atoms with Crippen molar-refractivity contribution in [2.45, 2.75) is 38.8 Å². The number of nitrogens with two attached hydrogens (primary N) is 1. The summed E-state index contributed by atoms with van der Waals surface area (Å²) in [7, 11) is 0. The predicted octanol–water partition coefficient (Wildman–Crippen LogP) is 3.37. The zero-order valence-corrected chi connectivity index (χ0v) is 11.7. The molecule has 0 amide bonds. The van der Waals surface area contributed by atoms with Gasteiger partial charge < -0.3 is 5.73 Å². The number of hydrogen-bond donors (Lipinski definition) is 1. The molecule has 2 N–H and O–H groups in total. The molecule has 0 aliphatic heterocycles. The first-order chi connectivity index (χ1) is 9.49. The lowest BCUT2D eigenvalue weighted by Gasteiger charge is -2.11. The Morgan fingerprint density at radius 2 is 1.90 bits per heavy atom. The van der Waals surface area contributed by atoms with Gasteiger partial charge in [-0.3, -0.25) is 4.68 Å². The van der Waals surface area contributed by atoms with E-state index in [2.05, 4.69) is 18.9 Å². The molecule has 2 unspecified atom stereocenters. The summed E-state index contributed by atoms with van der Waals surface area (Å²) < 4.78 is 28.2. The average Bonchev–Trinajstić information content (AvgIpc) is 2.85. The molecule has 2 rings (SSSR count). The van der Waals surface area contributed by atoms with Crippen molar-refractivity contribution < 1.29 is 8.78 Å². The molecule has 0 aliphatic carbocycles. The molecular formula is C15H19F2N3. The maximum Gasteiger partial charge on any atom is 0.126 e. The van der Waals surface area contributed by atoms with Crippen LogP contribution in [0.2, 0.25) is 0 Å². The Hall–Kier alpha value is -1.75. The molecule has 0 saturated heterocycles. The fourth-order valence-corrected chi connectivity index (χ4v) is 2.05. The van der Waals surface area contributed by atoms with Crippen LogP contribution >= 0.6 is 0 Å². The number of aromatic nitrogens is 2. The fourth-order valence-electron chi connectivity index (χ4n) is 2.05. The Morgan fingerprint density at radius 3 is 2.50 bits per heavy atom. The van der Waals surface area contributed by atoms with Gasteiger partial charge in [0.25, 0.3) is 0 Å². The molecule has 0 spiro atoms. The van der Waals surface area contributed by atoms with Gasteiger partial charge in [0.2, 0.25) is 0 Å². The normalized spacial score (nSPS) is 14.2. The summed E-state index contributed by atoms with van der Waals surface area (Å²) in [5.74, 6) is -1.22. The Morgan fingerprint density at radius 1 is 1.25 bits per heavy atom. The summed E-state index contributed by atoms with van der Waals surface area (Å²) in [6.07, 6.45) is 3.34. The molecule has 5 heteroatoms. The van der Waals surface area contributed by atoms with Crippen LogP contribution in [0.4, 0.5) is 8.78 Å². The Bertz CT molecular complexity index is 560. The van der Waals surface area contributed by atoms with E-state index in [-0.39, 0.29) is 0 Å². The Balaban J connectivity index is 2.11. The third-order valence-electron chi connectivity index (χ3n) is 3.45. The first-order valence-corrected chi connectivity index (χ1v) is 6.75. The van der Waals surface area contributed by atoms with Crippen molar-refractivity contribution in [2.75, 3.05) is 0 Å². The molecule has 1 aromatic carbocycles. The predicted molar refractivity (Wildman–Crippen MR) is 74.2 cm³/mol. The van der Waals surface area contributed by atoms with E-state index >= 15 is 0 Å². The highest BCUT2D eigenvalue weighted by Gasteiger charge is 2.12. The highest BCUT2D eigenvalue weighted by atomic mass is 19.1. The molecule has 0 saturated carbocycles. The van der Waals surface area contributed by atoms with Gasteiger partial charge in [0.1, 0.15) is 11.6 Å². The molecule has 1 aromatic heterocycles. The maximum absolute atomic E-state index is 13.2. The summed E-state index contributed by atoms with van der Waals surface area (Å²) in [4.78, 5) is 0. The van der Waals surface area contributed by atoms with E-state index in [4.69, 9.17) is 5.73 Å². The van der Waals surface area contributed by atoms with Crippen molar-refractivity contribution in [2.24, 2.45) is 5.73 Å². The topological polar surface area (TPSA) is 43.8 Å². The third-order valence-corrected chi connectivity index (χ3v) is 3.45. The van der Waals surface area contributed by atoms with Crippen LogP contribution in [0.15, 0.2) is 30.5 Å². The van der Waals surface area contributed by atoms with E-state index in [9.17, 15) is 8.78 Å². The number of rotatable bonds is 5. The zero-order valence-electron chi connectivity index (χ0n) is 11.7. The Labute approximate surface area is 117 Å². The van der Waals surface area contributed by atoms with Gasteiger partial charge >= 0.3 is 0 Å². The number of nitrogens with zero attached hydrogens (tertiary/aromatic N) is 2. The minimum Gasteiger partial charge on any atom is -0.324 e. The second kappa shape index (κ2) is 6.13. The van der Waals surface area contributed by atoms with E-state index in [1.54, 1.807) is 0 Å². The van der Waals surface area contributed by atoms with Crippen molar-refractivity contribution in [1.82, 2.24) is 9.78 Å². The number of hydrogen-bond acceptors (Lipinski definition) is 2. The fraction of sp³-hybridized carbons (Fsp3) is 0.400. The molecule has 0 aliphatic rings. The third kappa shape index (κ3) is 3.42. The summed E-state index contributed by atoms with van der Waals surface area (Å²) in [5, 5.41) is 4.44. The van der Waals surface area contributed by atoms with Crippen LogP contribution in [0, 0.1) is 11.6 Å². The van der Waals surface area contributed by atoms with Gasteiger partial charge in [-0.2, -0.15) is 5.10 Å². The molecule has 0 bridgehead atoms. The molecule has 2 atom stereocenters. The molecular weight excluding hydrogens is 260 g/mol. The number of benzene rings is 1. The van der Waals surface area contributed by atoms with Crippen LogP contribution in [0.25, 0.3) is 0 Å². The molecule has 20 heavy (non-hydrogen) atoms. The van der Waals surface area contributed by atoms with Gasteiger partial charge in [-0.25, -0.2) is 8.78 Å². The van der Waals surface area contributed by atoms with Crippen molar-refractivity contribution in [3.63, 3.8) is 0 Å². The standard InChI is InChI=1S/C15H19F2N3/c1-3-10(2)20-5-4-14(19-20)9-15(18)11-6-12(16)8-13(17)7-11/h4-8,10,15H,3,9,18H2,1-2H3. The van der Waals surface area contributed by atoms with E-state index in [1.807, 2.05) is 16.9 Å². The lowest BCUT2D eigenvalue weighted by atomic mass is 10.0. The lowest BCUT2D eigenvalue weighted by Crippen LogP contribution is -2.15. The molecule has 0 radical (unpaired) electrons. The Kier molecular flexibility index (Phi) is 4.49. The second-order valence-electron chi connectivity index (χ2n) is 5.06. The van der Waals surface area contributed by atoms with Gasteiger partial charge in [0.05, 0.1) is 5.69 Å². The molecule has 0 fully saturated rings. The maximum atomic E-state index is 13.2. The molecule has 2 aromatic rings. The summed E-state index contributed by atoms with van der Waals surface area (Å²) in [6.45, 7) is 4.17. The lowest BCUT2D eigenvalue weighted by molar-refractivity contribution is 0.471. The van der Waals surface area contributed by atoms with Gasteiger partial charge in [0, 0.05) is 30.8 Å². The van der Waals surface area contributed by atoms with E-state index in [0.29, 0.717) is 18.0 Å². The first kappa shape index (κ1) is 14.7. The van der Waals surface area contributed by atoms with E-state index in [1.165, 1.54) is 12.1 Å². The van der Waals surface area contributed by atoms with Crippen LogP contribution in [0.1, 0.15) is 43.6 Å². The molecule has 3 nitrogen and oxygen atoms in total. The second-order valence-corrected chi connectivity index (χ2v) is 5.06. The van der Waals surface area contributed by atoms with Gasteiger partial charge in [0.15, 0.2) is 0 Å². The zero-order chi connectivity index (χ0) is 14.7. The van der Waals surface area contributed by atoms with E-state index in [0.717, 1.165) is 18.2 Å². The minimum atomic E-state index is -0.611. The van der Waals surface area contributed by atoms with Crippen molar-refractivity contribution >= 4 is 0 Å². The average molecular weight is 279 g/mol. The SMILES string of the molecule is CCC(C)n1ccc(CC(N)c2cc(F)cc(F)c2)n1. The summed E-state index contributed by atoms with van der Waals surface area (Å²) >= 11 is 0. The summed E-state index contributed by atoms with van der Waals surface area (Å²) in [5.41, 5.74) is 7.27. The highest BCUT2D eigenvalue weighted by Crippen LogP contribution is 2.18. The van der Waals surface area contributed by atoms with Gasteiger partial charge in [-0.15, -0.1) is 0 Å². The number of halogens is 2. The first-order valence-electron chi connectivity index (χ1n) is 6.75. The molecule has 1 heterocycles. The minimum absolute atomic E-state index is 0.326. The largest absolute Gasteiger partial charge is 0.324 e. The van der Waals surface area contributed by atoms with E-state index < -0.39 is 17.7 Å².